The van der Waals surface area contributed by atoms with Crippen molar-refractivity contribution in [1.29, 1.82) is 0 Å². The van der Waals surface area contributed by atoms with Gasteiger partial charge < -0.3 is 0 Å². The molecule has 1 heterocycles. The maximum atomic E-state index is 14.7. The predicted octanol–water partition coefficient (Wildman–Crippen LogP) is 8.80. The summed E-state index contributed by atoms with van der Waals surface area (Å²) in [7, 11) is 0. The van der Waals surface area contributed by atoms with Crippen LogP contribution in [-0.2, 0) is 12.8 Å². The average molecular weight is 418 g/mol. The molecule has 0 N–H and O–H groups in total. The van der Waals surface area contributed by atoms with Gasteiger partial charge in [-0.15, -0.1) is 0 Å². The van der Waals surface area contributed by atoms with Crippen LogP contribution in [-0.4, -0.2) is 4.98 Å². The largest absolute Gasteiger partial charge is 0.261 e. The minimum atomic E-state index is -0.133. The Hall–Kier alpha value is -2.48. The SMILES string of the molecule is CCCCCCCc1ccc(-c2ccc(-c3ccc(CCCCC)cc3F)cc2)cn1. The van der Waals surface area contributed by atoms with E-state index >= 15 is 0 Å². The fraction of sp³-hybridized carbons (Fsp3) is 0.414. The summed E-state index contributed by atoms with van der Waals surface area (Å²) in [5, 5.41) is 0. The number of nitrogens with zero attached hydrogens (tertiary/aromatic N) is 1. The van der Waals surface area contributed by atoms with Crippen LogP contribution in [0, 0.1) is 5.82 Å². The quantitative estimate of drug-likeness (QED) is 0.268. The van der Waals surface area contributed by atoms with Crippen molar-refractivity contribution < 1.29 is 4.39 Å². The molecule has 164 valence electrons. The summed E-state index contributed by atoms with van der Waals surface area (Å²) in [5.41, 5.74) is 6.05. The van der Waals surface area contributed by atoms with Crippen molar-refractivity contribution in [2.45, 2.75) is 78.1 Å². The third kappa shape index (κ3) is 7.02. The van der Waals surface area contributed by atoms with Crippen LogP contribution in [0.25, 0.3) is 22.3 Å². The molecule has 0 unspecified atom stereocenters. The Morgan fingerprint density at radius 3 is 1.97 bits per heavy atom. The zero-order chi connectivity index (χ0) is 21.9. The van der Waals surface area contributed by atoms with Crippen molar-refractivity contribution in [3.05, 3.63) is 77.9 Å². The molecule has 3 aromatic rings. The topological polar surface area (TPSA) is 12.9 Å². The standard InChI is InChI=1S/C29H36FN/c1-3-5-7-8-10-12-27-19-18-26(22-31-27)24-14-16-25(17-15-24)28-20-13-23(21-29(28)30)11-9-6-4-2/h13-22H,3-12H2,1-2H3. The average Bonchev–Trinajstić information content (AvgIpc) is 2.80. The number of pyridine rings is 1. The minimum Gasteiger partial charge on any atom is -0.261 e. The van der Waals surface area contributed by atoms with E-state index in [2.05, 4.69) is 49.2 Å². The molecule has 2 aromatic carbocycles. The first kappa shape index (κ1) is 23.2. The lowest BCUT2D eigenvalue weighted by molar-refractivity contribution is 0.626. The zero-order valence-electron chi connectivity index (χ0n) is 19.2. The van der Waals surface area contributed by atoms with Gasteiger partial charge >= 0.3 is 0 Å². The maximum absolute atomic E-state index is 14.7. The normalized spacial score (nSPS) is 11.1. The van der Waals surface area contributed by atoms with E-state index in [9.17, 15) is 4.39 Å². The summed E-state index contributed by atoms with van der Waals surface area (Å²) in [6.45, 7) is 4.43. The summed E-state index contributed by atoms with van der Waals surface area (Å²) < 4.78 is 14.7. The van der Waals surface area contributed by atoms with Crippen molar-refractivity contribution in [2.24, 2.45) is 0 Å². The first-order chi connectivity index (χ1) is 15.2. The second kappa shape index (κ2) is 12.4. The number of aryl methyl sites for hydroxylation is 2. The van der Waals surface area contributed by atoms with Gasteiger partial charge in [0.1, 0.15) is 5.82 Å². The van der Waals surface area contributed by atoms with Crippen LogP contribution < -0.4 is 0 Å². The van der Waals surface area contributed by atoms with Crippen molar-refractivity contribution >= 4 is 0 Å². The number of hydrogen-bond acceptors (Lipinski definition) is 1. The van der Waals surface area contributed by atoms with Crippen LogP contribution in [0.3, 0.4) is 0 Å². The molecule has 2 heteroatoms. The van der Waals surface area contributed by atoms with E-state index in [-0.39, 0.29) is 5.82 Å². The van der Waals surface area contributed by atoms with Crippen LogP contribution in [0.5, 0.6) is 0 Å². The van der Waals surface area contributed by atoms with E-state index in [1.54, 1.807) is 6.07 Å². The second-order valence-electron chi connectivity index (χ2n) is 8.55. The molecule has 1 nitrogen and oxygen atoms in total. The highest BCUT2D eigenvalue weighted by Crippen LogP contribution is 2.27. The van der Waals surface area contributed by atoms with Gasteiger partial charge in [0.15, 0.2) is 0 Å². The first-order valence-electron chi connectivity index (χ1n) is 12.1. The molecular weight excluding hydrogens is 381 g/mol. The van der Waals surface area contributed by atoms with Gasteiger partial charge in [-0.2, -0.15) is 0 Å². The Bertz CT molecular complexity index is 912. The molecule has 0 amide bonds. The van der Waals surface area contributed by atoms with Crippen LogP contribution in [0.4, 0.5) is 4.39 Å². The number of halogens is 1. The summed E-state index contributed by atoms with van der Waals surface area (Å²) >= 11 is 0. The molecule has 0 bridgehead atoms. The van der Waals surface area contributed by atoms with Gasteiger partial charge in [-0.05, 0) is 54.5 Å². The molecule has 31 heavy (non-hydrogen) atoms. The van der Waals surface area contributed by atoms with E-state index in [1.807, 2.05) is 24.4 Å². The highest BCUT2D eigenvalue weighted by molar-refractivity contribution is 5.70. The summed E-state index contributed by atoms with van der Waals surface area (Å²) in [5.74, 6) is -0.133. The van der Waals surface area contributed by atoms with Crippen LogP contribution in [0.2, 0.25) is 0 Å². The van der Waals surface area contributed by atoms with Gasteiger partial charge in [0.05, 0.1) is 0 Å². The van der Waals surface area contributed by atoms with Gasteiger partial charge in [0, 0.05) is 23.0 Å². The number of unbranched alkanes of at least 4 members (excludes halogenated alkanes) is 6. The monoisotopic (exact) mass is 417 g/mol. The van der Waals surface area contributed by atoms with E-state index in [0.717, 1.165) is 47.2 Å². The lowest BCUT2D eigenvalue weighted by Crippen LogP contribution is -1.92. The molecule has 1 aromatic heterocycles. The maximum Gasteiger partial charge on any atom is 0.131 e. The highest BCUT2D eigenvalue weighted by atomic mass is 19.1. The Labute approximate surface area is 187 Å². The molecule has 3 rings (SSSR count). The van der Waals surface area contributed by atoms with Crippen molar-refractivity contribution in [3.8, 4) is 22.3 Å². The molecule has 0 radical (unpaired) electrons. The molecule has 0 aliphatic heterocycles. The zero-order valence-corrected chi connectivity index (χ0v) is 19.2. The smallest absolute Gasteiger partial charge is 0.131 e. The Morgan fingerprint density at radius 1 is 0.645 bits per heavy atom. The van der Waals surface area contributed by atoms with Gasteiger partial charge in [-0.3, -0.25) is 4.98 Å². The van der Waals surface area contributed by atoms with Crippen molar-refractivity contribution in [3.63, 3.8) is 0 Å². The molecular formula is C29H36FN. The molecule has 0 saturated carbocycles. The summed E-state index contributed by atoms with van der Waals surface area (Å²) in [6.07, 6.45) is 13.9. The molecule has 0 saturated heterocycles. The number of hydrogen-bond donors (Lipinski definition) is 0. The van der Waals surface area contributed by atoms with E-state index < -0.39 is 0 Å². The van der Waals surface area contributed by atoms with E-state index in [0.29, 0.717) is 5.56 Å². The van der Waals surface area contributed by atoms with Crippen LogP contribution >= 0.6 is 0 Å². The Morgan fingerprint density at radius 2 is 1.29 bits per heavy atom. The van der Waals surface area contributed by atoms with E-state index in [1.165, 1.54) is 44.9 Å². The summed E-state index contributed by atoms with van der Waals surface area (Å²) in [4.78, 5) is 4.65. The van der Waals surface area contributed by atoms with Gasteiger partial charge in [0.25, 0.3) is 0 Å². The van der Waals surface area contributed by atoms with Crippen molar-refractivity contribution in [1.82, 2.24) is 4.98 Å². The van der Waals surface area contributed by atoms with Gasteiger partial charge in [-0.1, -0.05) is 94.8 Å². The number of rotatable bonds is 12. The third-order valence-corrected chi connectivity index (χ3v) is 5.99. The minimum absolute atomic E-state index is 0.133. The molecule has 0 aliphatic rings. The lowest BCUT2D eigenvalue weighted by atomic mass is 9.98. The molecule has 0 atom stereocenters. The lowest BCUT2D eigenvalue weighted by Gasteiger charge is -2.09. The van der Waals surface area contributed by atoms with Crippen LogP contribution in [0.1, 0.15) is 76.5 Å². The van der Waals surface area contributed by atoms with Crippen molar-refractivity contribution in [2.75, 3.05) is 0 Å². The highest BCUT2D eigenvalue weighted by Gasteiger charge is 2.07. The summed E-state index contributed by atoms with van der Waals surface area (Å²) in [6, 6.07) is 18.1. The van der Waals surface area contributed by atoms with Gasteiger partial charge in [0.2, 0.25) is 0 Å². The predicted molar refractivity (Wildman–Crippen MR) is 131 cm³/mol. The Kier molecular flexibility index (Phi) is 9.27. The molecule has 0 aliphatic carbocycles. The fourth-order valence-electron chi connectivity index (χ4n) is 4.02. The molecule has 0 fully saturated rings. The van der Waals surface area contributed by atoms with Gasteiger partial charge in [-0.25, -0.2) is 4.39 Å². The van der Waals surface area contributed by atoms with Crippen LogP contribution in [0.15, 0.2) is 60.8 Å². The third-order valence-electron chi connectivity index (χ3n) is 5.99. The Balaban J connectivity index is 1.61. The first-order valence-corrected chi connectivity index (χ1v) is 12.1. The number of aromatic nitrogens is 1. The second-order valence-corrected chi connectivity index (χ2v) is 8.55. The fourth-order valence-corrected chi connectivity index (χ4v) is 4.02. The molecule has 0 spiro atoms. The van der Waals surface area contributed by atoms with E-state index in [4.69, 9.17) is 0 Å². The number of benzene rings is 2.